The topological polar surface area (TPSA) is 92.3 Å². The van der Waals surface area contributed by atoms with Crippen molar-refractivity contribution in [3.8, 4) is 0 Å². The summed E-state index contributed by atoms with van der Waals surface area (Å²) < 4.78 is 0. The monoisotopic (exact) mass is 208 g/mol. The molecular weight excluding hydrogens is 196 g/mol. The summed E-state index contributed by atoms with van der Waals surface area (Å²) in [6.07, 6.45) is 1.85. The summed E-state index contributed by atoms with van der Waals surface area (Å²) in [5, 5.41) is 8.96. The lowest BCUT2D eigenvalue weighted by Gasteiger charge is -2.13. The van der Waals surface area contributed by atoms with E-state index in [2.05, 4.69) is 9.97 Å². The molecule has 80 valence electrons. The zero-order valence-corrected chi connectivity index (χ0v) is 8.13. The average molecular weight is 208 g/mol. The van der Waals surface area contributed by atoms with Crippen LogP contribution in [-0.2, 0) is 4.79 Å². The molecule has 1 saturated heterocycles. The zero-order valence-electron chi connectivity index (χ0n) is 8.13. The lowest BCUT2D eigenvalue weighted by atomic mass is 10.1. The van der Waals surface area contributed by atoms with Crippen molar-refractivity contribution in [1.29, 1.82) is 0 Å². The summed E-state index contributed by atoms with van der Waals surface area (Å²) in [6.45, 7) is 0.462. The van der Waals surface area contributed by atoms with Gasteiger partial charge in [-0.15, -0.1) is 0 Å². The van der Waals surface area contributed by atoms with E-state index in [-0.39, 0.29) is 18.4 Å². The molecule has 0 aromatic carbocycles. The van der Waals surface area contributed by atoms with Crippen molar-refractivity contribution in [2.24, 2.45) is 5.92 Å². The predicted octanol–water partition coefficient (Wildman–Crippen LogP) is -0.596. The van der Waals surface area contributed by atoms with E-state index in [1.54, 1.807) is 6.07 Å². The predicted molar refractivity (Wildman–Crippen MR) is 54.0 cm³/mol. The van der Waals surface area contributed by atoms with Crippen molar-refractivity contribution in [3.63, 3.8) is 0 Å². The Kier molecular flexibility index (Phi) is 2.51. The Morgan fingerprint density at radius 3 is 3.07 bits per heavy atom. The van der Waals surface area contributed by atoms with Crippen LogP contribution in [0, 0.1) is 5.92 Å². The SMILES string of the molecule is Nc1ccnc(N2CC(CO)CC2=O)n1. The first kappa shape index (κ1) is 9.85. The lowest BCUT2D eigenvalue weighted by molar-refractivity contribution is -0.117. The first-order valence-corrected chi connectivity index (χ1v) is 4.70. The van der Waals surface area contributed by atoms with Gasteiger partial charge >= 0.3 is 0 Å². The number of carbonyl (C=O) groups is 1. The summed E-state index contributed by atoms with van der Waals surface area (Å²) in [6, 6.07) is 1.56. The number of amides is 1. The number of rotatable bonds is 2. The third kappa shape index (κ3) is 1.89. The average Bonchev–Trinajstić information content (AvgIpc) is 2.60. The number of anilines is 2. The van der Waals surface area contributed by atoms with Gasteiger partial charge < -0.3 is 10.8 Å². The van der Waals surface area contributed by atoms with Gasteiger partial charge in [0.1, 0.15) is 5.82 Å². The molecule has 2 heterocycles. The summed E-state index contributed by atoms with van der Waals surface area (Å²) in [5.74, 6) is 0.554. The fourth-order valence-electron chi connectivity index (χ4n) is 1.59. The van der Waals surface area contributed by atoms with Gasteiger partial charge in [-0.05, 0) is 6.07 Å². The Hall–Kier alpha value is -1.69. The summed E-state index contributed by atoms with van der Waals surface area (Å²) in [4.78, 5) is 20.9. The minimum atomic E-state index is -0.0698. The molecular formula is C9H12N4O2. The van der Waals surface area contributed by atoms with Gasteiger partial charge in [0.05, 0.1) is 0 Å². The second kappa shape index (κ2) is 3.82. The highest BCUT2D eigenvalue weighted by Crippen LogP contribution is 2.21. The van der Waals surface area contributed by atoms with Crippen LogP contribution in [-0.4, -0.2) is 34.1 Å². The fourth-order valence-corrected chi connectivity index (χ4v) is 1.59. The molecule has 1 aromatic rings. The van der Waals surface area contributed by atoms with Gasteiger partial charge in [-0.3, -0.25) is 9.69 Å². The van der Waals surface area contributed by atoms with E-state index in [1.807, 2.05) is 0 Å². The van der Waals surface area contributed by atoms with Crippen LogP contribution in [0.15, 0.2) is 12.3 Å². The van der Waals surface area contributed by atoms with Crippen LogP contribution in [0.1, 0.15) is 6.42 Å². The van der Waals surface area contributed by atoms with Crippen molar-refractivity contribution in [3.05, 3.63) is 12.3 Å². The number of hydrogen-bond donors (Lipinski definition) is 2. The van der Waals surface area contributed by atoms with E-state index in [0.29, 0.717) is 24.7 Å². The molecule has 1 amide bonds. The van der Waals surface area contributed by atoms with E-state index >= 15 is 0 Å². The standard InChI is InChI=1S/C9H12N4O2/c10-7-1-2-11-9(12-7)13-4-6(5-14)3-8(13)15/h1-2,6,14H,3-5H2,(H2,10,11,12). The van der Waals surface area contributed by atoms with Gasteiger partial charge in [0, 0.05) is 31.7 Å². The van der Waals surface area contributed by atoms with Crippen LogP contribution in [0.2, 0.25) is 0 Å². The molecule has 1 fully saturated rings. The molecule has 1 aromatic heterocycles. The molecule has 6 heteroatoms. The second-order valence-corrected chi connectivity index (χ2v) is 3.54. The maximum atomic E-state index is 11.5. The van der Waals surface area contributed by atoms with Gasteiger partial charge in [0.2, 0.25) is 11.9 Å². The van der Waals surface area contributed by atoms with E-state index in [0.717, 1.165) is 0 Å². The van der Waals surface area contributed by atoms with E-state index in [4.69, 9.17) is 10.8 Å². The molecule has 0 bridgehead atoms. The zero-order chi connectivity index (χ0) is 10.8. The molecule has 0 spiro atoms. The van der Waals surface area contributed by atoms with Crippen LogP contribution < -0.4 is 10.6 Å². The molecule has 6 nitrogen and oxygen atoms in total. The van der Waals surface area contributed by atoms with Gasteiger partial charge in [-0.25, -0.2) is 4.98 Å². The first-order chi connectivity index (χ1) is 7.20. The van der Waals surface area contributed by atoms with Gasteiger partial charge in [0.15, 0.2) is 0 Å². The van der Waals surface area contributed by atoms with Gasteiger partial charge in [-0.1, -0.05) is 0 Å². The molecule has 15 heavy (non-hydrogen) atoms. The first-order valence-electron chi connectivity index (χ1n) is 4.70. The maximum Gasteiger partial charge on any atom is 0.234 e. The minimum Gasteiger partial charge on any atom is -0.396 e. The molecule has 1 aliphatic rings. The maximum absolute atomic E-state index is 11.5. The van der Waals surface area contributed by atoms with Crippen molar-refractivity contribution in [2.75, 3.05) is 23.8 Å². The third-order valence-electron chi connectivity index (χ3n) is 2.37. The van der Waals surface area contributed by atoms with Crippen LogP contribution in [0.5, 0.6) is 0 Å². The van der Waals surface area contributed by atoms with Crippen LogP contribution in [0.25, 0.3) is 0 Å². The number of aliphatic hydroxyl groups excluding tert-OH is 1. The number of hydrogen-bond acceptors (Lipinski definition) is 5. The van der Waals surface area contributed by atoms with Crippen LogP contribution >= 0.6 is 0 Å². The highest BCUT2D eigenvalue weighted by atomic mass is 16.3. The molecule has 2 rings (SSSR count). The van der Waals surface area contributed by atoms with Crippen LogP contribution in [0.4, 0.5) is 11.8 Å². The van der Waals surface area contributed by atoms with Crippen molar-refractivity contribution in [1.82, 2.24) is 9.97 Å². The Morgan fingerprint density at radius 2 is 2.47 bits per heavy atom. The molecule has 0 radical (unpaired) electrons. The normalized spacial score (nSPS) is 21.0. The number of carbonyl (C=O) groups excluding carboxylic acids is 1. The Balaban J connectivity index is 2.21. The van der Waals surface area contributed by atoms with E-state index < -0.39 is 0 Å². The molecule has 0 saturated carbocycles. The Morgan fingerprint density at radius 1 is 1.67 bits per heavy atom. The van der Waals surface area contributed by atoms with Crippen LogP contribution in [0.3, 0.4) is 0 Å². The summed E-state index contributed by atoms with van der Waals surface area (Å²) in [7, 11) is 0. The smallest absolute Gasteiger partial charge is 0.234 e. The molecule has 1 atom stereocenters. The molecule has 1 aliphatic heterocycles. The quantitative estimate of drug-likeness (QED) is 0.677. The minimum absolute atomic E-state index is 0.00452. The highest BCUT2D eigenvalue weighted by molar-refractivity contribution is 5.94. The summed E-state index contributed by atoms with van der Waals surface area (Å²) >= 11 is 0. The van der Waals surface area contributed by atoms with Crippen molar-refractivity contribution >= 4 is 17.7 Å². The summed E-state index contributed by atoms with van der Waals surface area (Å²) in [5.41, 5.74) is 5.50. The van der Waals surface area contributed by atoms with Crippen molar-refractivity contribution < 1.29 is 9.90 Å². The highest BCUT2D eigenvalue weighted by Gasteiger charge is 2.31. The lowest BCUT2D eigenvalue weighted by Crippen LogP contribution is -2.27. The van der Waals surface area contributed by atoms with Gasteiger partial charge in [0.25, 0.3) is 0 Å². The number of aliphatic hydroxyl groups is 1. The third-order valence-corrected chi connectivity index (χ3v) is 2.37. The van der Waals surface area contributed by atoms with Crippen molar-refractivity contribution in [2.45, 2.75) is 6.42 Å². The largest absolute Gasteiger partial charge is 0.396 e. The molecule has 3 N–H and O–H groups in total. The fraction of sp³-hybridized carbons (Fsp3) is 0.444. The number of nitrogen functional groups attached to an aromatic ring is 1. The number of nitrogens with zero attached hydrogens (tertiary/aromatic N) is 3. The van der Waals surface area contributed by atoms with E-state index in [1.165, 1.54) is 11.1 Å². The van der Waals surface area contributed by atoms with Gasteiger partial charge in [-0.2, -0.15) is 4.98 Å². The second-order valence-electron chi connectivity index (χ2n) is 3.54. The molecule has 1 unspecified atom stereocenters. The number of nitrogens with two attached hydrogens (primary N) is 1. The molecule has 0 aliphatic carbocycles. The van der Waals surface area contributed by atoms with E-state index in [9.17, 15) is 4.79 Å². The Labute approximate surface area is 86.7 Å². The Bertz CT molecular complexity index is 382. The number of aromatic nitrogens is 2.